The normalized spacial score (nSPS) is 32.8. The fourth-order valence-electron chi connectivity index (χ4n) is 5.91. The average Bonchev–Trinajstić information content (AvgIpc) is 3.06. The molecule has 14 heteroatoms. The van der Waals surface area contributed by atoms with Crippen LogP contribution in [0.2, 0.25) is 0 Å². The number of aliphatic hydroxyl groups is 7. The summed E-state index contributed by atoms with van der Waals surface area (Å²) >= 11 is 0. The van der Waals surface area contributed by atoms with Gasteiger partial charge >= 0.3 is 0 Å². The molecule has 12 atom stereocenters. The van der Waals surface area contributed by atoms with Crippen molar-refractivity contribution in [3.05, 3.63) is 12.2 Å². The number of hydrogen-bond acceptors (Lipinski definition) is 13. The lowest BCUT2D eigenvalue weighted by atomic mass is 9.97. The third-order valence-electron chi connectivity index (χ3n) is 8.76. The van der Waals surface area contributed by atoms with Gasteiger partial charge in [0.05, 0.1) is 32.0 Å². The Hall–Kier alpha value is -1.27. The lowest BCUT2D eigenvalue weighted by Gasteiger charge is -2.46. The number of aliphatic hydroxyl groups excluding tert-OH is 7. The zero-order valence-electron chi connectivity index (χ0n) is 28.3. The van der Waals surface area contributed by atoms with Gasteiger partial charge < -0.3 is 64.7 Å². The maximum Gasteiger partial charge on any atom is 0.217 e. The van der Waals surface area contributed by atoms with Crippen molar-refractivity contribution in [2.45, 2.75) is 164 Å². The van der Waals surface area contributed by atoms with E-state index in [9.17, 15) is 40.5 Å². The minimum absolute atomic E-state index is 0.175. The smallest absolute Gasteiger partial charge is 0.217 e. The summed E-state index contributed by atoms with van der Waals surface area (Å²) in [6.07, 6.45) is 2.45. The Morgan fingerprint density at radius 3 is 1.87 bits per heavy atom. The molecular formula is C33H61NO13. The van der Waals surface area contributed by atoms with Crippen molar-refractivity contribution in [1.82, 2.24) is 5.32 Å². The standard InChI is InChI=1S/C33H61NO13/c1-4-5-6-7-8-9-10-11-12-13-14-15-16-17-23(43-3)22(34-21(2)37)20-44-32-30(42)28(40)31(25(19-36)46-32)47-33-29(41)27(39)26(38)24(18-35)45-33/h16-17,22-33,35-36,38-42H,4-15,18-20H2,1-3H3,(H,34,37)/b17-16+/t22-,23-,24?,25?,26-,27?,28?,29-,30-,31+,32+,33-/m0/s1. The van der Waals surface area contributed by atoms with Crippen LogP contribution in [0.1, 0.15) is 90.9 Å². The second kappa shape index (κ2) is 23.2. The first-order valence-electron chi connectivity index (χ1n) is 17.3. The van der Waals surface area contributed by atoms with E-state index in [1.165, 1.54) is 71.8 Å². The van der Waals surface area contributed by atoms with Gasteiger partial charge in [-0.25, -0.2) is 0 Å². The topological polar surface area (TPSA) is 217 Å². The molecule has 0 spiro atoms. The minimum Gasteiger partial charge on any atom is -0.394 e. The Bertz CT molecular complexity index is 862. The van der Waals surface area contributed by atoms with Crippen LogP contribution in [0.15, 0.2) is 12.2 Å². The number of carbonyl (C=O) groups excluding carboxylic acids is 1. The highest BCUT2D eigenvalue weighted by Gasteiger charge is 2.50. The Kier molecular flexibility index (Phi) is 20.7. The maximum absolute atomic E-state index is 12.0. The molecule has 0 radical (unpaired) electrons. The largest absolute Gasteiger partial charge is 0.394 e. The predicted molar refractivity (Wildman–Crippen MR) is 171 cm³/mol. The molecule has 276 valence electrons. The number of nitrogens with one attached hydrogen (secondary N) is 1. The van der Waals surface area contributed by atoms with Gasteiger partial charge in [0.2, 0.25) is 5.91 Å². The van der Waals surface area contributed by atoms with Crippen molar-refractivity contribution in [2.75, 3.05) is 26.9 Å². The van der Waals surface area contributed by atoms with E-state index in [0.29, 0.717) is 0 Å². The van der Waals surface area contributed by atoms with E-state index >= 15 is 0 Å². The highest BCUT2D eigenvalue weighted by Crippen LogP contribution is 2.29. The summed E-state index contributed by atoms with van der Waals surface area (Å²) in [6.45, 7) is 2.03. The first kappa shape index (κ1) is 41.9. The van der Waals surface area contributed by atoms with Gasteiger partial charge in [-0.15, -0.1) is 0 Å². The van der Waals surface area contributed by atoms with Crippen LogP contribution in [0, 0.1) is 0 Å². The van der Waals surface area contributed by atoms with Gasteiger partial charge in [-0.05, 0) is 12.8 Å². The Morgan fingerprint density at radius 2 is 1.32 bits per heavy atom. The fourth-order valence-corrected chi connectivity index (χ4v) is 5.91. The van der Waals surface area contributed by atoms with E-state index in [1.54, 1.807) is 0 Å². The average molecular weight is 680 g/mol. The van der Waals surface area contributed by atoms with Gasteiger partial charge in [-0.2, -0.15) is 0 Å². The summed E-state index contributed by atoms with van der Waals surface area (Å²) in [7, 11) is 1.50. The summed E-state index contributed by atoms with van der Waals surface area (Å²) in [5.41, 5.74) is 0. The van der Waals surface area contributed by atoms with Crippen molar-refractivity contribution >= 4 is 5.91 Å². The van der Waals surface area contributed by atoms with Crippen molar-refractivity contribution in [2.24, 2.45) is 0 Å². The molecule has 2 heterocycles. The molecule has 0 aromatic heterocycles. The van der Waals surface area contributed by atoms with E-state index < -0.39 is 86.8 Å². The van der Waals surface area contributed by atoms with E-state index in [1.807, 2.05) is 12.2 Å². The lowest BCUT2D eigenvalue weighted by molar-refractivity contribution is -0.359. The SMILES string of the molecule is CCCCCCCCCCCCC/C=C/[C@H](OC)[C@H](CO[C@@H]1OC(CO)[C@@H](O[C@@H]2OC(CO)[C@H](O)C(O)[C@@H]2O)C(O)[C@@H]1O)NC(C)=O. The van der Waals surface area contributed by atoms with Gasteiger partial charge in [-0.1, -0.05) is 83.3 Å². The molecule has 0 bridgehead atoms. The predicted octanol–water partition coefficient (Wildman–Crippen LogP) is 0.404. The number of amides is 1. The second-order valence-corrected chi connectivity index (χ2v) is 12.6. The third-order valence-corrected chi connectivity index (χ3v) is 8.76. The summed E-state index contributed by atoms with van der Waals surface area (Å²) in [5, 5.41) is 74.2. The van der Waals surface area contributed by atoms with Crippen molar-refractivity contribution in [3.8, 4) is 0 Å². The van der Waals surface area contributed by atoms with Gasteiger partial charge in [-0.3, -0.25) is 4.79 Å². The van der Waals surface area contributed by atoms with Gasteiger partial charge in [0.15, 0.2) is 12.6 Å². The lowest BCUT2D eigenvalue weighted by Crippen LogP contribution is -2.65. The molecule has 2 fully saturated rings. The van der Waals surface area contributed by atoms with Crippen LogP contribution in [0.25, 0.3) is 0 Å². The fraction of sp³-hybridized carbons (Fsp3) is 0.909. The molecule has 1 amide bonds. The summed E-state index contributed by atoms with van der Waals surface area (Å²) in [4.78, 5) is 12.0. The molecule has 2 aliphatic heterocycles. The zero-order chi connectivity index (χ0) is 34.8. The zero-order valence-corrected chi connectivity index (χ0v) is 28.3. The molecule has 8 N–H and O–H groups in total. The Balaban J connectivity index is 1.87. The van der Waals surface area contributed by atoms with Crippen molar-refractivity contribution in [1.29, 1.82) is 0 Å². The molecule has 14 nitrogen and oxygen atoms in total. The van der Waals surface area contributed by atoms with Crippen LogP contribution >= 0.6 is 0 Å². The molecule has 4 unspecified atom stereocenters. The summed E-state index contributed by atoms with van der Waals surface area (Å²) in [5.74, 6) is -0.328. The van der Waals surface area contributed by atoms with Crippen molar-refractivity contribution < 1.29 is 64.2 Å². The number of ether oxygens (including phenoxy) is 5. The first-order chi connectivity index (χ1) is 22.6. The molecule has 0 aliphatic carbocycles. The Labute approximate surface area is 279 Å². The number of hydrogen-bond donors (Lipinski definition) is 8. The van der Waals surface area contributed by atoms with Gasteiger partial charge in [0, 0.05) is 14.0 Å². The number of rotatable bonds is 23. The summed E-state index contributed by atoms with van der Waals surface area (Å²) in [6, 6.07) is -0.672. The molecule has 2 aliphatic rings. The molecule has 47 heavy (non-hydrogen) atoms. The minimum atomic E-state index is -1.77. The first-order valence-corrected chi connectivity index (χ1v) is 17.3. The quantitative estimate of drug-likeness (QED) is 0.0543. The van der Waals surface area contributed by atoms with E-state index in [-0.39, 0.29) is 12.5 Å². The number of carbonyl (C=O) groups is 1. The second-order valence-electron chi connectivity index (χ2n) is 12.6. The monoisotopic (exact) mass is 679 g/mol. The van der Waals surface area contributed by atoms with Crippen LogP contribution in [-0.2, 0) is 28.5 Å². The number of allylic oxidation sites excluding steroid dienone is 1. The third kappa shape index (κ3) is 13.9. The van der Waals surface area contributed by atoms with Crippen LogP contribution < -0.4 is 5.32 Å². The summed E-state index contributed by atoms with van der Waals surface area (Å²) < 4.78 is 28.0. The van der Waals surface area contributed by atoms with Crippen LogP contribution in [0.4, 0.5) is 0 Å². The number of unbranched alkanes of at least 4 members (excludes halogenated alkanes) is 11. The van der Waals surface area contributed by atoms with Crippen LogP contribution in [0.3, 0.4) is 0 Å². The number of methoxy groups -OCH3 is 1. The highest BCUT2D eigenvalue weighted by atomic mass is 16.7. The molecular weight excluding hydrogens is 618 g/mol. The molecule has 0 saturated carbocycles. The molecule has 0 aromatic rings. The maximum atomic E-state index is 12.0. The van der Waals surface area contributed by atoms with Crippen LogP contribution in [-0.4, -0.2) is 142 Å². The highest BCUT2D eigenvalue weighted by molar-refractivity contribution is 5.73. The van der Waals surface area contributed by atoms with Crippen LogP contribution in [0.5, 0.6) is 0 Å². The van der Waals surface area contributed by atoms with E-state index in [0.717, 1.165) is 19.3 Å². The van der Waals surface area contributed by atoms with E-state index in [4.69, 9.17) is 23.7 Å². The molecule has 2 rings (SSSR count). The molecule has 2 saturated heterocycles. The van der Waals surface area contributed by atoms with Gasteiger partial charge in [0.25, 0.3) is 0 Å². The van der Waals surface area contributed by atoms with Gasteiger partial charge in [0.1, 0.15) is 48.8 Å². The molecule has 0 aromatic carbocycles. The Morgan fingerprint density at radius 1 is 0.766 bits per heavy atom. The van der Waals surface area contributed by atoms with Crippen molar-refractivity contribution in [3.63, 3.8) is 0 Å². The van der Waals surface area contributed by atoms with E-state index in [2.05, 4.69) is 12.2 Å².